The summed E-state index contributed by atoms with van der Waals surface area (Å²) < 4.78 is 10.5. The Morgan fingerprint density at radius 3 is 2.41 bits per heavy atom. The van der Waals surface area contributed by atoms with Crippen molar-refractivity contribution in [2.24, 2.45) is 0 Å². The predicted octanol–water partition coefficient (Wildman–Crippen LogP) is 3.24. The van der Waals surface area contributed by atoms with Gasteiger partial charge in [0.05, 0.1) is 19.8 Å². The molecule has 4 nitrogen and oxygen atoms in total. The summed E-state index contributed by atoms with van der Waals surface area (Å²) in [7, 11) is 3.08. The van der Waals surface area contributed by atoms with E-state index >= 15 is 0 Å². The quantitative estimate of drug-likeness (QED) is 0.891. The zero-order valence-corrected chi connectivity index (χ0v) is 13.1. The number of hydrogen-bond donors (Lipinski definition) is 1. The number of benzene rings is 2. The van der Waals surface area contributed by atoms with E-state index in [0.717, 1.165) is 0 Å². The summed E-state index contributed by atoms with van der Waals surface area (Å²) in [6.45, 7) is 2.64. The number of ether oxygens (including phenoxy) is 2. The molecule has 4 heteroatoms. The highest BCUT2D eigenvalue weighted by Crippen LogP contribution is 2.30. The lowest BCUT2D eigenvalue weighted by atomic mass is 10.0. The normalized spacial score (nSPS) is 11.6. The van der Waals surface area contributed by atoms with E-state index < -0.39 is 0 Å². The van der Waals surface area contributed by atoms with Gasteiger partial charge < -0.3 is 14.8 Å². The van der Waals surface area contributed by atoms with Crippen LogP contribution in [0.15, 0.2) is 48.5 Å². The molecule has 1 atom stereocenters. The van der Waals surface area contributed by atoms with Crippen molar-refractivity contribution in [2.45, 2.75) is 12.8 Å². The van der Waals surface area contributed by atoms with E-state index in [2.05, 4.69) is 24.4 Å². The molecule has 0 fully saturated rings. The van der Waals surface area contributed by atoms with Crippen molar-refractivity contribution in [1.29, 1.82) is 0 Å². The third-order valence-corrected chi connectivity index (χ3v) is 3.58. The highest BCUT2D eigenvalue weighted by atomic mass is 16.5. The molecule has 22 heavy (non-hydrogen) atoms. The third-order valence-electron chi connectivity index (χ3n) is 3.58. The van der Waals surface area contributed by atoms with Crippen molar-refractivity contribution < 1.29 is 14.3 Å². The predicted molar refractivity (Wildman–Crippen MR) is 86.7 cm³/mol. The molecule has 0 spiro atoms. The maximum Gasteiger partial charge on any atom is 0.255 e. The first-order valence-corrected chi connectivity index (χ1v) is 7.21. The Hall–Kier alpha value is -2.49. The Bertz CT molecular complexity index is 625. The molecule has 0 bridgehead atoms. The molecule has 1 amide bonds. The molecule has 1 N–H and O–H groups in total. The number of rotatable bonds is 6. The summed E-state index contributed by atoms with van der Waals surface area (Å²) in [5, 5.41) is 2.95. The summed E-state index contributed by atoms with van der Waals surface area (Å²) in [4.78, 5) is 12.4. The first kappa shape index (κ1) is 15.9. The fourth-order valence-corrected chi connectivity index (χ4v) is 2.31. The van der Waals surface area contributed by atoms with E-state index in [0.29, 0.717) is 23.6 Å². The standard InChI is InChI=1S/C18H21NO3/c1-13(14-8-5-4-6-9-14)12-19-18(20)15-10-7-11-16(21-2)17(15)22-3/h4-11,13H,12H2,1-3H3,(H,19,20)/t13-/m1/s1. The number of para-hydroxylation sites is 1. The Labute approximate surface area is 131 Å². The molecule has 0 aliphatic carbocycles. The smallest absolute Gasteiger partial charge is 0.255 e. The van der Waals surface area contributed by atoms with Crippen LogP contribution in [0.5, 0.6) is 11.5 Å². The maximum absolute atomic E-state index is 12.4. The van der Waals surface area contributed by atoms with Gasteiger partial charge in [0.15, 0.2) is 11.5 Å². The molecule has 0 unspecified atom stereocenters. The topological polar surface area (TPSA) is 47.6 Å². The van der Waals surface area contributed by atoms with Crippen LogP contribution in [0.2, 0.25) is 0 Å². The van der Waals surface area contributed by atoms with E-state index in [1.807, 2.05) is 18.2 Å². The minimum Gasteiger partial charge on any atom is -0.493 e. The highest BCUT2D eigenvalue weighted by Gasteiger charge is 2.17. The van der Waals surface area contributed by atoms with Crippen molar-refractivity contribution >= 4 is 5.91 Å². The zero-order valence-electron chi connectivity index (χ0n) is 13.1. The molecule has 0 aliphatic rings. The number of methoxy groups -OCH3 is 2. The van der Waals surface area contributed by atoms with E-state index in [4.69, 9.17) is 9.47 Å². The second-order valence-corrected chi connectivity index (χ2v) is 5.06. The van der Waals surface area contributed by atoms with Crippen molar-refractivity contribution in [3.05, 3.63) is 59.7 Å². The largest absolute Gasteiger partial charge is 0.493 e. The van der Waals surface area contributed by atoms with Crippen LogP contribution in [0.3, 0.4) is 0 Å². The fourth-order valence-electron chi connectivity index (χ4n) is 2.31. The molecule has 0 aliphatic heterocycles. The summed E-state index contributed by atoms with van der Waals surface area (Å²) in [5.74, 6) is 1.07. The maximum atomic E-state index is 12.4. The van der Waals surface area contributed by atoms with Gasteiger partial charge in [0, 0.05) is 6.54 Å². The third kappa shape index (κ3) is 3.58. The molecule has 116 valence electrons. The Kier molecular flexibility index (Phi) is 5.42. The van der Waals surface area contributed by atoms with Gasteiger partial charge in [0.25, 0.3) is 5.91 Å². The van der Waals surface area contributed by atoms with Crippen molar-refractivity contribution in [2.75, 3.05) is 20.8 Å². The van der Waals surface area contributed by atoms with E-state index in [1.165, 1.54) is 12.7 Å². The number of hydrogen-bond acceptors (Lipinski definition) is 3. The minimum atomic E-state index is -0.168. The Morgan fingerprint density at radius 2 is 1.77 bits per heavy atom. The fraction of sp³-hybridized carbons (Fsp3) is 0.278. The average Bonchev–Trinajstić information content (AvgIpc) is 2.59. The first-order valence-electron chi connectivity index (χ1n) is 7.21. The molecule has 0 saturated carbocycles. The number of carbonyl (C=O) groups is 1. The van der Waals surface area contributed by atoms with Crippen LogP contribution in [-0.2, 0) is 0 Å². The SMILES string of the molecule is COc1cccc(C(=O)NC[C@@H](C)c2ccccc2)c1OC. The summed E-state index contributed by atoms with van der Waals surface area (Å²) in [5.41, 5.74) is 1.67. The number of carbonyl (C=O) groups excluding carboxylic acids is 1. The Balaban J connectivity index is 2.07. The average molecular weight is 299 g/mol. The van der Waals surface area contributed by atoms with Gasteiger partial charge in [-0.05, 0) is 23.6 Å². The van der Waals surface area contributed by atoms with Crippen molar-refractivity contribution in [3.63, 3.8) is 0 Å². The van der Waals surface area contributed by atoms with Gasteiger partial charge in [-0.3, -0.25) is 4.79 Å². The highest BCUT2D eigenvalue weighted by molar-refractivity contribution is 5.97. The van der Waals surface area contributed by atoms with Crippen LogP contribution < -0.4 is 14.8 Å². The van der Waals surface area contributed by atoms with Crippen LogP contribution >= 0.6 is 0 Å². The summed E-state index contributed by atoms with van der Waals surface area (Å²) in [6, 6.07) is 15.4. The number of amides is 1. The van der Waals surface area contributed by atoms with E-state index in [1.54, 1.807) is 25.3 Å². The molecular formula is C18H21NO3. The molecule has 2 rings (SSSR count). The van der Waals surface area contributed by atoms with Gasteiger partial charge in [0.2, 0.25) is 0 Å². The van der Waals surface area contributed by atoms with Gasteiger partial charge in [-0.25, -0.2) is 0 Å². The van der Waals surface area contributed by atoms with Crippen LogP contribution in [0.4, 0.5) is 0 Å². The Morgan fingerprint density at radius 1 is 1.05 bits per heavy atom. The molecule has 2 aromatic rings. The summed E-state index contributed by atoms with van der Waals surface area (Å²) in [6.07, 6.45) is 0. The molecule has 0 radical (unpaired) electrons. The minimum absolute atomic E-state index is 0.168. The van der Waals surface area contributed by atoms with Crippen molar-refractivity contribution in [3.8, 4) is 11.5 Å². The lowest BCUT2D eigenvalue weighted by molar-refractivity contribution is 0.0948. The lowest BCUT2D eigenvalue weighted by Gasteiger charge is -2.15. The van der Waals surface area contributed by atoms with Gasteiger partial charge in [-0.2, -0.15) is 0 Å². The second-order valence-electron chi connectivity index (χ2n) is 5.06. The molecule has 2 aromatic carbocycles. The van der Waals surface area contributed by atoms with Gasteiger partial charge in [-0.15, -0.1) is 0 Å². The van der Waals surface area contributed by atoms with Crippen LogP contribution in [0.25, 0.3) is 0 Å². The number of nitrogens with one attached hydrogen (secondary N) is 1. The second kappa shape index (κ2) is 7.50. The van der Waals surface area contributed by atoms with Gasteiger partial charge in [-0.1, -0.05) is 43.3 Å². The van der Waals surface area contributed by atoms with E-state index in [9.17, 15) is 4.79 Å². The van der Waals surface area contributed by atoms with Crippen LogP contribution in [-0.4, -0.2) is 26.7 Å². The zero-order chi connectivity index (χ0) is 15.9. The lowest BCUT2D eigenvalue weighted by Crippen LogP contribution is -2.28. The van der Waals surface area contributed by atoms with Gasteiger partial charge >= 0.3 is 0 Å². The first-order chi connectivity index (χ1) is 10.7. The van der Waals surface area contributed by atoms with Gasteiger partial charge in [0.1, 0.15) is 0 Å². The summed E-state index contributed by atoms with van der Waals surface area (Å²) >= 11 is 0. The molecular weight excluding hydrogens is 278 g/mol. The van der Waals surface area contributed by atoms with Crippen LogP contribution in [0.1, 0.15) is 28.8 Å². The van der Waals surface area contributed by atoms with E-state index in [-0.39, 0.29) is 11.8 Å². The molecule has 0 saturated heterocycles. The monoisotopic (exact) mass is 299 g/mol. The van der Waals surface area contributed by atoms with Crippen molar-refractivity contribution in [1.82, 2.24) is 5.32 Å². The molecule has 0 heterocycles. The van der Waals surface area contributed by atoms with Crippen LogP contribution in [0, 0.1) is 0 Å². The molecule has 0 aromatic heterocycles.